The fourth-order valence-corrected chi connectivity index (χ4v) is 13.1. The maximum atomic E-state index is 12.9. The van der Waals surface area contributed by atoms with Crippen LogP contribution in [0.1, 0.15) is 248 Å². The minimum atomic E-state index is 0.0634. The number of carbonyl (C=O) groups excluding carboxylic acids is 1. The maximum Gasteiger partial charge on any atom is 0.306 e. The molecule has 9 unspecified atom stereocenters. The zero-order valence-corrected chi connectivity index (χ0v) is 39.2. The minimum Gasteiger partial charge on any atom is -0.462 e. The second-order valence-corrected chi connectivity index (χ2v) is 21.1. The van der Waals surface area contributed by atoms with Crippen molar-refractivity contribution in [3.8, 4) is 0 Å². The fraction of sp³-hybridized carbons (Fsp3) is 0.873. The van der Waals surface area contributed by atoms with E-state index < -0.39 is 0 Å². The van der Waals surface area contributed by atoms with Crippen LogP contribution in [0.2, 0.25) is 0 Å². The molecule has 3 fully saturated rings. The third-order valence-electron chi connectivity index (χ3n) is 16.9. The molecule has 0 heterocycles. The maximum absolute atomic E-state index is 12.9. The van der Waals surface area contributed by atoms with E-state index in [4.69, 9.17) is 4.74 Å². The van der Waals surface area contributed by atoms with Gasteiger partial charge in [-0.05, 0) is 142 Å². The second kappa shape index (κ2) is 26.1. The van der Waals surface area contributed by atoms with Crippen molar-refractivity contribution in [3.05, 3.63) is 36.0 Å². The number of carbonyl (C=O) groups is 1. The van der Waals surface area contributed by atoms with Gasteiger partial charge in [-0.25, -0.2) is 0 Å². The van der Waals surface area contributed by atoms with E-state index in [1.165, 1.54) is 167 Å². The van der Waals surface area contributed by atoms with Crippen LogP contribution in [0.3, 0.4) is 0 Å². The molecule has 2 heteroatoms. The van der Waals surface area contributed by atoms with E-state index in [-0.39, 0.29) is 12.1 Å². The lowest BCUT2D eigenvalue weighted by atomic mass is 9.47. The molecule has 328 valence electrons. The Hall–Kier alpha value is -1.31. The Bertz CT molecular complexity index is 1190. The van der Waals surface area contributed by atoms with E-state index in [1.54, 1.807) is 5.57 Å². The van der Waals surface area contributed by atoms with Crippen molar-refractivity contribution < 1.29 is 9.53 Å². The molecule has 0 aromatic rings. The summed E-state index contributed by atoms with van der Waals surface area (Å²) in [6.07, 6.45) is 52.3. The standard InChI is InChI=1S/C55H96O2/c1-8-10-11-12-13-14-15-16-17-18-19-20-21-22-23-24-25-26-27-28-29-30-31-32-53(56)57-48-39-41-54(6)47(43-48)35-36-49-51-38-37-50(55(51,7)42-40-52(49)54)45(5)33-34-46(9-2)44(3)4/h13-14,16-17,35,44-46,48-52H,8-12,15,18-34,36-43H2,1-7H3/b14-13-,17-16-. The number of esters is 1. The molecule has 2 nitrogen and oxygen atoms in total. The van der Waals surface area contributed by atoms with E-state index >= 15 is 0 Å². The van der Waals surface area contributed by atoms with Crippen LogP contribution < -0.4 is 0 Å². The normalized spacial score (nSPS) is 29.7. The first-order chi connectivity index (χ1) is 27.6. The van der Waals surface area contributed by atoms with Crippen LogP contribution in [0.5, 0.6) is 0 Å². The lowest BCUT2D eigenvalue weighted by Crippen LogP contribution is -2.51. The van der Waals surface area contributed by atoms with E-state index in [0.717, 1.165) is 67.1 Å². The predicted molar refractivity (Wildman–Crippen MR) is 248 cm³/mol. The zero-order valence-electron chi connectivity index (χ0n) is 39.2. The number of fused-ring (bicyclic) bond motifs is 5. The monoisotopic (exact) mass is 789 g/mol. The highest BCUT2D eigenvalue weighted by Gasteiger charge is 2.59. The van der Waals surface area contributed by atoms with Crippen molar-refractivity contribution in [2.45, 2.75) is 254 Å². The molecule has 57 heavy (non-hydrogen) atoms. The quantitative estimate of drug-likeness (QED) is 0.0429. The average molecular weight is 789 g/mol. The largest absolute Gasteiger partial charge is 0.462 e. The summed E-state index contributed by atoms with van der Waals surface area (Å²) in [7, 11) is 0. The van der Waals surface area contributed by atoms with E-state index in [2.05, 4.69) is 78.8 Å². The Labute approximate surface area is 356 Å². The second-order valence-electron chi connectivity index (χ2n) is 21.1. The Morgan fingerprint density at radius 1 is 0.719 bits per heavy atom. The van der Waals surface area contributed by atoms with Gasteiger partial charge in [0, 0.05) is 12.8 Å². The topological polar surface area (TPSA) is 26.3 Å². The number of hydrogen-bond donors (Lipinski definition) is 0. The lowest BCUT2D eigenvalue weighted by Gasteiger charge is -2.58. The van der Waals surface area contributed by atoms with Crippen LogP contribution >= 0.6 is 0 Å². The molecule has 0 amide bonds. The molecule has 0 N–H and O–H groups in total. The van der Waals surface area contributed by atoms with E-state index in [9.17, 15) is 4.79 Å². The molecule has 0 aliphatic heterocycles. The van der Waals surface area contributed by atoms with Crippen molar-refractivity contribution >= 4 is 5.97 Å². The zero-order chi connectivity index (χ0) is 40.9. The molecule has 0 aromatic heterocycles. The summed E-state index contributed by atoms with van der Waals surface area (Å²) >= 11 is 0. The third-order valence-corrected chi connectivity index (χ3v) is 16.9. The fourth-order valence-electron chi connectivity index (χ4n) is 13.1. The highest BCUT2D eigenvalue weighted by molar-refractivity contribution is 5.69. The van der Waals surface area contributed by atoms with Gasteiger partial charge in [0.2, 0.25) is 0 Å². The minimum absolute atomic E-state index is 0.0634. The SMILES string of the molecule is CCCCC/C=C\C/C=C\CCCCCCCCCCCCCCCC(=O)OC1CCC2(C)C(=CCC3C2CCC2(C)C(C(C)CCC(CC)C(C)C)CCC32)C1. The van der Waals surface area contributed by atoms with Crippen molar-refractivity contribution in [2.24, 2.45) is 52.3 Å². The van der Waals surface area contributed by atoms with Crippen LogP contribution in [0, 0.1) is 52.3 Å². The van der Waals surface area contributed by atoms with Gasteiger partial charge in [0.1, 0.15) is 6.10 Å². The Morgan fingerprint density at radius 3 is 1.95 bits per heavy atom. The highest BCUT2D eigenvalue weighted by Crippen LogP contribution is 2.67. The summed E-state index contributed by atoms with van der Waals surface area (Å²) in [4.78, 5) is 12.9. The smallest absolute Gasteiger partial charge is 0.306 e. The Kier molecular flexibility index (Phi) is 22.2. The third kappa shape index (κ3) is 15.0. The summed E-state index contributed by atoms with van der Waals surface area (Å²) in [5.74, 6) is 6.15. The molecule has 0 radical (unpaired) electrons. The van der Waals surface area contributed by atoms with Crippen LogP contribution in [0.4, 0.5) is 0 Å². The van der Waals surface area contributed by atoms with Gasteiger partial charge in [-0.3, -0.25) is 4.79 Å². The number of rotatable bonds is 29. The van der Waals surface area contributed by atoms with Gasteiger partial charge in [0.05, 0.1) is 0 Å². The predicted octanol–water partition coefficient (Wildman–Crippen LogP) is 17.5. The highest BCUT2D eigenvalue weighted by atomic mass is 16.5. The van der Waals surface area contributed by atoms with Crippen molar-refractivity contribution in [1.29, 1.82) is 0 Å². The van der Waals surface area contributed by atoms with Crippen molar-refractivity contribution in [1.82, 2.24) is 0 Å². The molecule has 0 bridgehead atoms. The number of allylic oxidation sites excluding steroid dienone is 5. The van der Waals surface area contributed by atoms with Gasteiger partial charge in [-0.1, -0.05) is 181 Å². The number of unbranched alkanes of at least 4 members (excludes halogenated alkanes) is 16. The molecule has 4 rings (SSSR count). The van der Waals surface area contributed by atoms with Crippen molar-refractivity contribution in [2.75, 3.05) is 0 Å². The molecule has 0 saturated heterocycles. The molecule has 0 aromatic carbocycles. The van der Waals surface area contributed by atoms with Crippen LogP contribution in [0.25, 0.3) is 0 Å². The summed E-state index contributed by atoms with van der Waals surface area (Å²) in [6.45, 7) is 17.5. The lowest BCUT2D eigenvalue weighted by molar-refractivity contribution is -0.151. The van der Waals surface area contributed by atoms with Gasteiger partial charge in [-0.15, -0.1) is 0 Å². The van der Waals surface area contributed by atoms with Gasteiger partial charge >= 0.3 is 5.97 Å². The number of ether oxygens (including phenoxy) is 1. The summed E-state index contributed by atoms with van der Waals surface area (Å²) in [5.41, 5.74) is 2.51. The summed E-state index contributed by atoms with van der Waals surface area (Å²) in [6, 6.07) is 0. The van der Waals surface area contributed by atoms with Crippen LogP contribution in [-0.4, -0.2) is 12.1 Å². The van der Waals surface area contributed by atoms with Crippen LogP contribution in [0.15, 0.2) is 36.0 Å². The van der Waals surface area contributed by atoms with E-state index in [1.807, 2.05) is 0 Å². The Morgan fingerprint density at radius 2 is 1.33 bits per heavy atom. The number of hydrogen-bond acceptors (Lipinski definition) is 2. The molecular weight excluding hydrogens is 693 g/mol. The first kappa shape index (κ1) is 48.4. The molecule has 4 aliphatic carbocycles. The van der Waals surface area contributed by atoms with E-state index in [0.29, 0.717) is 17.3 Å². The first-order valence-corrected chi connectivity index (χ1v) is 25.8. The molecular formula is C55H96O2. The van der Waals surface area contributed by atoms with Gasteiger partial charge in [-0.2, -0.15) is 0 Å². The van der Waals surface area contributed by atoms with Crippen molar-refractivity contribution in [3.63, 3.8) is 0 Å². The average Bonchev–Trinajstić information content (AvgIpc) is 3.55. The molecule has 0 spiro atoms. The molecule has 9 atom stereocenters. The summed E-state index contributed by atoms with van der Waals surface area (Å²) < 4.78 is 6.17. The van der Waals surface area contributed by atoms with Gasteiger partial charge in [0.15, 0.2) is 0 Å². The van der Waals surface area contributed by atoms with Gasteiger partial charge < -0.3 is 4.74 Å². The van der Waals surface area contributed by atoms with Crippen LogP contribution in [-0.2, 0) is 9.53 Å². The molecule has 4 aliphatic rings. The van der Waals surface area contributed by atoms with Gasteiger partial charge in [0.25, 0.3) is 0 Å². The summed E-state index contributed by atoms with van der Waals surface area (Å²) in [5, 5.41) is 0. The Balaban J connectivity index is 1.01. The molecule has 3 saturated carbocycles. The first-order valence-electron chi connectivity index (χ1n) is 25.8.